The average molecular weight is 409 g/mol. The standard InChI is InChI=1S/C17H14F3N5O2S/c1-10(15(27)21-12-4-2-3-11(9-12)17(18,19)20)28-16-22-23-24-25(16)13-5-7-14(26)8-6-13/h2-10,26H,1H3,(H,21,27)/t10-/m1/s1. The number of anilines is 1. The Morgan fingerprint density at radius 2 is 1.93 bits per heavy atom. The molecule has 0 saturated carbocycles. The Morgan fingerprint density at radius 1 is 1.21 bits per heavy atom. The Balaban J connectivity index is 1.71. The zero-order valence-corrected chi connectivity index (χ0v) is 15.2. The monoisotopic (exact) mass is 409 g/mol. The molecule has 1 heterocycles. The minimum Gasteiger partial charge on any atom is -0.508 e. The number of thioether (sulfide) groups is 1. The molecule has 146 valence electrons. The van der Waals surface area contributed by atoms with E-state index in [2.05, 4.69) is 20.8 Å². The van der Waals surface area contributed by atoms with Crippen molar-refractivity contribution >= 4 is 23.4 Å². The van der Waals surface area contributed by atoms with Gasteiger partial charge in [-0.05, 0) is 59.8 Å². The number of halogens is 3. The highest BCUT2D eigenvalue weighted by Gasteiger charge is 2.30. The number of hydrogen-bond acceptors (Lipinski definition) is 6. The molecule has 2 aromatic carbocycles. The van der Waals surface area contributed by atoms with Crippen molar-refractivity contribution in [2.24, 2.45) is 0 Å². The highest BCUT2D eigenvalue weighted by Crippen LogP contribution is 2.31. The van der Waals surface area contributed by atoms with Crippen molar-refractivity contribution in [1.29, 1.82) is 0 Å². The molecular formula is C17H14F3N5O2S. The molecule has 0 bridgehead atoms. The number of carbonyl (C=O) groups excluding carboxylic acids is 1. The van der Waals surface area contributed by atoms with Gasteiger partial charge in [-0.25, -0.2) is 0 Å². The fourth-order valence-corrected chi connectivity index (χ4v) is 3.04. The van der Waals surface area contributed by atoms with Crippen molar-refractivity contribution in [2.45, 2.75) is 23.5 Å². The van der Waals surface area contributed by atoms with Gasteiger partial charge in [-0.15, -0.1) is 5.10 Å². The first-order valence-corrected chi connectivity index (χ1v) is 8.84. The Labute approximate surface area is 161 Å². The lowest BCUT2D eigenvalue weighted by Gasteiger charge is -2.13. The maximum atomic E-state index is 12.8. The molecule has 7 nitrogen and oxygen atoms in total. The number of nitrogens with one attached hydrogen (secondary N) is 1. The van der Waals surface area contributed by atoms with Crippen LogP contribution in [0.5, 0.6) is 5.75 Å². The number of carbonyl (C=O) groups is 1. The number of hydrogen-bond donors (Lipinski definition) is 2. The van der Waals surface area contributed by atoms with E-state index in [1.165, 1.54) is 28.9 Å². The molecule has 11 heteroatoms. The van der Waals surface area contributed by atoms with Gasteiger partial charge in [-0.1, -0.05) is 17.8 Å². The molecule has 1 atom stereocenters. The molecule has 0 unspecified atom stereocenters. The summed E-state index contributed by atoms with van der Waals surface area (Å²) in [6, 6.07) is 10.5. The molecule has 0 fully saturated rings. The molecular weight excluding hydrogens is 395 g/mol. The molecule has 3 rings (SSSR count). The van der Waals surface area contributed by atoms with Crippen LogP contribution in [0, 0.1) is 0 Å². The summed E-state index contributed by atoms with van der Waals surface area (Å²) in [6.45, 7) is 1.59. The summed E-state index contributed by atoms with van der Waals surface area (Å²) in [6.07, 6.45) is -4.49. The molecule has 0 aliphatic heterocycles. The molecule has 1 amide bonds. The topological polar surface area (TPSA) is 92.9 Å². The van der Waals surface area contributed by atoms with Crippen molar-refractivity contribution < 1.29 is 23.1 Å². The van der Waals surface area contributed by atoms with Gasteiger partial charge in [-0.3, -0.25) is 4.79 Å². The molecule has 28 heavy (non-hydrogen) atoms. The minimum atomic E-state index is -4.49. The summed E-state index contributed by atoms with van der Waals surface area (Å²) >= 11 is 1.04. The molecule has 0 saturated heterocycles. The number of alkyl halides is 3. The molecule has 1 aromatic heterocycles. The second-order valence-corrected chi connectivity index (χ2v) is 7.03. The zero-order valence-electron chi connectivity index (χ0n) is 14.4. The SMILES string of the molecule is C[C@@H](Sc1nnnn1-c1ccc(O)cc1)C(=O)Nc1cccc(C(F)(F)F)c1. The number of rotatable bonds is 5. The predicted octanol–water partition coefficient (Wildman–Crippen LogP) is 3.51. The van der Waals surface area contributed by atoms with E-state index in [1.54, 1.807) is 19.1 Å². The van der Waals surface area contributed by atoms with Gasteiger partial charge in [0, 0.05) is 5.69 Å². The average Bonchev–Trinajstić information content (AvgIpc) is 3.10. The lowest BCUT2D eigenvalue weighted by molar-refractivity contribution is -0.137. The van der Waals surface area contributed by atoms with Gasteiger partial charge in [0.05, 0.1) is 16.5 Å². The van der Waals surface area contributed by atoms with E-state index in [0.29, 0.717) is 10.8 Å². The van der Waals surface area contributed by atoms with Crippen LogP contribution in [0.4, 0.5) is 18.9 Å². The lowest BCUT2D eigenvalue weighted by Crippen LogP contribution is -2.23. The van der Waals surface area contributed by atoms with Gasteiger partial charge >= 0.3 is 6.18 Å². The largest absolute Gasteiger partial charge is 0.508 e. The van der Waals surface area contributed by atoms with Gasteiger partial charge in [0.15, 0.2) is 0 Å². The van der Waals surface area contributed by atoms with Gasteiger partial charge < -0.3 is 10.4 Å². The first-order chi connectivity index (χ1) is 13.2. The van der Waals surface area contributed by atoms with Crippen LogP contribution in [-0.2, 0) is 11.0 Å². The van der Waals surface area contributed by atoms with Gasteiger partial charge in [0.2, 0.25) is 11.1 Å². The van der Waals surface area contributed by atoms with Crippen molar-refractivity contribution in [2.75, 3.05) is 5.32 Å². The number of nitrogens with zero attached hydrogens (tertiary/aromatic N) is 4. The van der Waals surface area contributed by atoms with E-state index in [0.717, 1.165) is 23.9 Å². The smallest absolute Gasteiger partial charge is 0.416 e. The Morgan fingerprint density at radius 3 is 2.61 bits per heavy atom. The number of phenolic OH excluding ortho intramolecular Hbond substituents is 1. The fraction of sp³-hybridized carbons (Fsp3) is 0.176. The highest BCUT2D eigenvalue weighted by atomic mass is 32.2. The first kappa shape index (κ1) is 19.7. The van der Waals surface area contributed by atoms with Gasteiger partial charge in [0.25, 0.3) is 0 Å². The minimum absolute atomic E-state index is 0.0467. The number of phenols is 1. The van der Waals surface area contributed by atoms with Crippen LogP contribution in [0.15, 0.2) is 53.7 Å². The van der Waals surface area contributed by atoms with Gasteiger partial charge in [-0.2, -0.15) is 17.9 Å². The van der Waals surface area contributed by atoms with Gasteiger partial charge in [0.1, 0.15) is 5.75 Å². The third-order valence-electron chi connectivity index (χ3n) is 3.64. The molecule has 3 aromatic rings. The second kappa shape index (κ2) is 7.89. The maximum Gasteiger partial charge on any atom is 0.416 e. The number of aromatic nitrogens is 4. The van der Waals surface area contributed by atoms with E-state index in [1.807, 2.05) is 0 Å². The fourth-order valence-electron chi connectivity index (χ4n) is 2.24. The van der Waals surface area contributed by atoms with Crippen molar-refractivity contribution in [3.8, 4) is 11.4 Å². The lowest BCUT2D eigenvalue weighted by atomic mass is 10.2. The molecule has 0 aliphatic rings. The summed E-state index contributed by atoms with van der Waals surface area (Å²) < 4.78 is 39.8. The third kappa shape index (κ3) is 4.60. The summed E-state index contributed by atoms with van der Waals surface area (Å²) in [5.41, 5.74) is -0.219. The van der Waals surface area contributed by atoms with E-state index in [-0.39, 0.29) is 11.4 Å². The van der Waals surface area contributed by atoms with Crippen LogP contribution in [0.1, 0.15) is 12.5 Å². The Kier molecular flexibility index (Phi) is 5.54. The van der Waals surface area contributed by atoms with E-state index in [9.17, 15) is 23.1 Å². The molecule has 0 spiro atoms. The normalized spacial score (nSPS) is 12.6. The first-order valence-electron chi connectivity index (χ1n) is 7.96. The summed E-state index contributed by atoms with van der Waals surface area (Å²) in [5, 5.41) is 22.7. The van der Waals surface area contributed by atoms with Crippen molar-refractivity contribution in [3.63, 3.8) is 0 Å². The number of benzene rings is 2. The summed E-state index contributed by atoms with van der Waals surface area (Å²) in [7, 11) is 0. The highest BCUT2D eigenvalue weighted by molar-refractivity contribution is 8.00. The maximum absolute atomic E-state index is 12.8. The summed E-state index contributed by atoms with van der Waals surface area (Å²) in [5.74, 6) is -0.413. The van der Waals surface area contributed by atoms with Crippen LogP contribution in [0.3, 0.4) is 0 Å². The van der Waals surface area contributed by atoms with Crippen LogP contribution in [0.2, 0.25) is 0 Å². The number of amides is 1. The van der Waals surface area contributed by atoms with E-state index in [4.69, 9.17) is 0 Å². The molecule has 0 aliphatic carbocycles. The van der Waals surface area contributed by atoms with Crippen LogP contribution in [-0.4, -0.2) is 36.5 Å². The number of tetrazole rings is 1. The number of aromatic hydroxyl groups is 1. The van der Waals surface area contributed by atoms with Crippen molar-refractivity contribution in [3.05, 3.63) is 54.1 Å². The Bertz CT molecular complexity index is 975. The second-order valence-electron chi connectivity index (χ2n) is 5.72. The van der Waals surface area contributed by atoms with Crippen LogP contribution in [0.25, 0.3) is 5.69 Å². The quantitative estimate of drug-likeness (QED) is 0.627. The summed E-state index contributed by atoms with van der Waals surface area (Å²) in [4.78, 5) is 12.4. The third-order valence-corrected chi connectivity index (χ3v) is 4.68. The van der Waals surface area contributed by atoms with Crippen molar-refractivity contribution in [1.82, 2.24) is 20.2 Å². The Hall–Kier alpha value is -3.08. The molecule has 2 N–H and O–H groups in total. The zero-order chi connectivity index (χ0) is 20.3. The van der Waals surface area contributed by atoms with Crippen LogP contribution >= 0.6 is 11.8 Å². The van der Waals surface area contributed by atoms with E-state index < -0.39 is 22.9 Å². The van der Waals surface area contributed by atoms with Crippen LogP contribution < -0.4 is 5.32 Å². The van der Waals surface area contributed by atoms with E-state index >= 15 is 0 Å². The molecule has 0 radical (unpaired) electrons. The predicted molar refractivity (Wildman–Crippen MR) is 96.2 cm³/mol.